The summed E-state index contributed by atoms with van der Waals surface area (Å²) in [6, 6.07) is 5.95. The highest BCUT2D eigenvalue weighted by Gasteiger charge is 2.03. The van der Waals surface area contributed by atoms with Crippen molar-refractivity contribution in [2.24, 2.45) is 0 Å². The molecule has 0 aliphatic heterocycles. The van der Waals surface area contributed by atoms with Crippen molar-refractivity contribution in [3.05, 3.63) is 29.3 Å². The number of nitrogens with one attached hydrogen (secondary N) is 1. The molecule has 1 rings (SSSR count). The maximum Gasteiger partial charge on any atom is 0.257 e. The Hall–Kier alpha value is -1.55. The smallest absolute Gasteiger partial charge is 0.257 e. The summed E-state index contributed by atoms with van der Waals surface area (Å²) < 4.78 is 5.49. The molecule has 0 unspecified atom stereocenters. The van der Waals surface area contributed by atoms with Crippen LogP contribution in [0.25, 0.3) is 0 Å². The number of rotatable bonds is 7. The van der Waals surface area contributed by atoms with E-state index in [0.29, 0.717) is 6.54 Å². The summed E-state index contributed by atoms with van der Waals surface area (Å²) in [7, 11) is 4.04. The maximum absolute atomic E-state index is 11.6. The minimum atomic E-state index is -0.0714. The van der Waals surface area contributed by atoms with Crippen molar-refractivity contribution in [3.8, 4) is 5.75 Å². The fourth-order valence-corrected chi connectivity index (χ4v) is 1.84. The maximum atomic E-state index is 11.6. The van der Waals surface area contributed by atoms with E-state index < -0.39 is 0 Å². The molecule has 4 heteroatoms. The number of carbonyl (C=O) groups excluding carboxylic acids is 1. The quantitative estimate of drug-likeness (QED) is 0.763. The van der Waals surface area contributed by atoms with Gasteiger partial charge in [0.25, 0.3) is 5.91 Å². The summed E-state index contributed by atoms with van der Waals surface area (Å²) in [5.74, 6) is 0.679. The Balaban J connectivity index is 2.26. The van der Waals surface area contributed by atoms with E-state index in [2.05, 4.69) is 16.3 Å². The van der Waals surface area contributed by atoms with Gasteiger partial charge in [-0.3, -0.25) is 4.79 Å². The molecule has 0 spiro atoms. The van der Waals surface area contributed by atoms with E-state index in [-0.39, 0.29) is 12.5 Å². The Morgan fingerprint density at radius 2 is 1.84 bits per heavy atom. The first-order chi connectivity index (χ1) is 8.97. The lowest BCUT2D eigenvalue weighted by Gasteiger charge is -2.11. The molecule has 0 saturated heterocycles. The van der Waals surface area contributed by atoms with E-state index in [1.807, 2.05) is 40.1 Å². The van der Waals surface area contributed by atoms with Crippen LogP contribution in [0.3, 0.4) is 0 Å². The number of ether oxygens (including phenoxy) is 1. The molecule has 1 aromatic rings. The van der Waals surface area contributed by atoms with Crippen molar-refractivity contribution >= 4 is 5.91 Å². The Morgan fingerprint density at radius 3 is 2.42 bits per heavy atom. The van der Waals surface area contributed by atoms with Gasteiger partial charge in [0.1, 0.15) is 5.75 Å². The molecule has 1 amide bonds. The molecular formula is C15H24N2O2. The van der Waals surface area contributed by atoms with Gasteiger partial charge < -0.3 is 15.0 Å². The zero-order valence-electron chi connectivity index (χ0n) is 12.3. The van der Waals surface area contributed by atoms with Crippen molar-refractivity contribution in [1.82, 2.24) is 10.2 Å². The molecular weight excluding hydrogens is 240 g/mol. The molecule has 106 valence electrons. The van der Waals surface area contributed by atoms with Gasteiger partial charge in [-0.2, -0.15) is 0 Å². The SMILES string of the molecule is Cc1cc(C)cc(OCC(=O)NCCCN(C)C)c1. The summed E-state index contributed by atoms with van der Waals surface area (Å²) in [5.41, 5.74) is 2.28. The summed E-state index contributed by atoms with van der Waals surface area (Å²) >= 11 is 0. The van der Waals surface area contributed by atoms with E-state index in [0.717, 1.165) is 29.8 Å². The molecule has 0 saturated carbocycles. The number of hydrogen-bond donors (Lipinski definition) is 1. The molecule has 0 radical (unpaired) electrons. The standard InChI is InChI=1S/C15H24N2O2/c1-12-8-13(2)10-14(9-12)19-11-15(18)16-6-5-7-17(3)4/h8-10H,5-7,11H2,1-4H3,(H,16,18). The van der Waals surface area contributed by atoms with Gasteiger partial charge >= 0.3 is 0 Å². The van der Waals surface area contributed by atoms with Gasteiger partial charge in [0.15, 0.2) is 6.61 Å². The van der Waals surface area contributed by atoms with Gasteiger partial charge in [-0.25, -0.2) is 0 Å². The lowest BCUT2D eigenvalue weighted by atomic mass is 10.1. The lowest BCUT2D eigenvalue weighted by Crippen LogP contribution is -2.31. The Bertz CT molecular complexity index is 396. The highest BCUT2D eigenvalue weighted by molar-refractivity contribution is 5.77. The largest absolute Gasteiger partial charge is 0.484 e. The molecule has 0 heterocycles. The summed E-state index contributed by atoms with van der Waals surface area (Å²) in [6.07, 6.45) is 0.947. The number of carbonyl (C=O) groups is 1. The highest BCUT2D eigenvalue weighted by atomic mass is 16.5. The van der Waals surface area contributed by atoms with Gasteiger partial charge in [-0.05, 0) is 64.2 Å². The lowest BCUT2D eigenvalue weighted by molar-refractivity contribution is -0.123. The van der Waals surface area contributed by atoms with Gasteiger partial charge in [0, 0.05) is 6.54 Å². The predicted octanol–water partition coefficient (Wildman–Crippen LogP) is 1.75. The average molecular weight is 264 g/mol. The third-order valence-electron chi connectivity index (χ3n) is 2.67. The van der Waals surface area contributed by atoms with Crippen LogP contribution in [0.1, 0.15) is 17.5 Å². The van der Waals surface area contributed by atoms with Gasteiger partial charge in [-0.1, -0.05) is 6.07 Å². The Morgan fingerprint density at radius 1 is 1.21 bits per heavy atom. The van der Waals surface area contributed by atoms with Crippen molar-refractivity contribution < 1.29 is 9.53 Å². The van der Waals surface area contributed by atoms with Crippen LogP contribution in [0, 0.1) is 13.8 Å². The van der Waals surface area contributed by atoms with Crippen LogP contribution in [-0.2, 0) is 4.79 Å². The number of nitrogens with zero attached hydrogens (tertiary/aromatic N) is 1. The van der Waals surface area contributed by atoms with Crippen LogP contribution in [0.4, 0.5) is 0 Å². The van der Waals surface area contributed by atoms with Crippen molar-refractivity contribution in [2.75, 3.05) is 33.8 Å². The third kappa shape index (κ3) is 6.82. The second-order valence-corrected chi connectivity index (χ2v) is 5.12. The minimum Gasteiger partial charge on any atom is -0.484 e. The second kappa shape index (κ2) is 7.79. The summed E-state index contributed by atoms with van der Waals surface area (Å²) in [4.78, 5) is 13.7. The Kier molecular flexibility index (Phi) is 6.36. The fourth-order valence-electron chi connectivity index (χ4n) is 1.84. The van der Waals surface area contributed by atoms with Crippen molar-refractivity contribution in [2.45, 2.75) is 20.3 Å². The van der Waals surface area contributed by atoms with Crippen LogP contribution in [0.5, 0.6) is 5.75 Å². The molecule has 19 heavy (non-hydrogen) atoms. The third-order valence-corrected chi connectivity index (χ3v) is 2.67. The summed E-state index contributed by atoms with van der Waals surface area (Å²) in [6.45, 7) is 5.76. The molecule has 1 N–H and O–H groups in total. The van der Waals surface area contributed by atoms with Crippen LogP contribution < -0.4 is 10.1 Å². The Labute approximate surface area is 115 Å². The molecule has 0 atom stereocenters. The zero-order chi connectivity index (χ0) is 14.3. The first-order valence-electron chi connectivity index (χ1n) is 6.60. The second-order valence-electron chi connectivity index (χ2n) is 5.12. The molecule has 0 aliphatic rings. The zero-order valence-corrected chi connectivity index (χ0v) is 12.3. The summed E-state index contributed by atoms with van der Waals surface area (Å²) in [5, 5.41) is 2.85. The van der Waals surface area contributed by atoms with Crippen LogP contribution >= 0.6 is 0 Å². The number of aryl methyl sites for hydroxylation is 2. The van der Waals surface area contributed by atoms with Gasteiger partial charge in [0.2, 0.25) is 0 Å². The fraction of sp³-hybridized carbons (Fsp3) is 0.533. The van der Waals surface area contributed by atoms with Crippen LogP contribution in [0.2, 0.25) is 0 Å². The molecule has 1 aromatic carbocycles. The minimum absolute atomic E-state index is 0.0714. The van der Waals surface area contributed by atoms with E-state index in [4.69, 9.17) is 4.74 Å². The molecule has 0 bridgehead atoms. The highest BCUT2D eigenvalue weighted by Crippen LogP contribution is 2.15. The van der Waals surface area contributed by atoms with E-state index >= 15 is 0 Å². The molecule has 0 aliphatic carbocycles. The monoisotopic (exact) mass is 264 g/mol. The molecule has 0 fully saturated rings. The van der Waals surface area contributed by atoms with Crippen molar-refractivity contribution in [3.63, 3.8) is 0 Å². The average Bonchev–Trinajstić information content (AvgIpc) is 2.31. The number of hydrogen-bond acceptors (Lipinski definition) is 3. The van der Waals surface area contributed by atoms with E-state index in [9.17, 15) is 4.79 Å². The predicted molar refractivity (Wildman–Crippen MR) is 77.6 cm³/mol. The van der Waals surface area contributed by atoms with Crippen LogP contribution in [-0.4, -0.2) is 44.6 Å². The van der Waals surface area contributed by atoms with Crippen molar-refractivity contribution in [1.29, 1.82) is 0 Å². The van der Waals surface area contributed by atoms with E-state index in [1.165, 1.54) is 0 Å². The van der Waals surface area contributed by atoms with Gasteiger partial charge in [0.05, 0.1) is 0 Å². The molecule has 4 nitrogen and oxygen atoms in total. The first kappa shape index (κ1) is 15.5. The molecule has 0 aromatic heterocycles. The van der Waals surface area contributed by atoms with Gasteiger partial charge in [-0.15, -0.1) is 0 Å². The normalized spacial score (nSPS) is 10.6. The van der Waals surface area contributed by atoms with E-state index in [1.54, 1.807) is 0 Å². The number of amides is 1. The topological polar surface area (TPSA) is 41.6 Å². The first-order valence-corrected chi connectivity index (χ1v) is 6.60. The number of benzene rings is 1. The van der Waals surface area contributed by atoms with Crippen LogP contribution in [0.15, 0.2) is 18.2 Å².